The first-order chi connectivity index (χ1) is 17.1. The number of rotatable bonds is 8. The van der Waals surface area contributed by atoms with Crippen molar-refractivity contribution < 1.29 is 0 Å². The number of hydrogen-bond donors (Lipinski definition) is 1. The van der Waals surface area contributed by atoms with E-state index in [-0.39, 0.29) is 11.6 Å². The lowest BCUT2D eigenvalue weighted by Crippen LogP contribution is -2.26. The average molecular weight is 466 g/mol. The summed E-state index contributed by atoms with van der Waals surface area (Å²) in [5, 5.41) is 19.1. The molecule has 0 saturated carbocycles. The molecule has 0 bridgehead atoms. The molecule has 2 aromatic heterocycles. The smallest absolute Gasteiger partial charge is 0.274 e. The molecule has 0 amide bonds. The molecule has 176 valence electrons. The number of H-pyrrole nitrogens is 1. The molecule has 0 saturated heterocycles. The van der Waals surface area contributed by atoms with E-state index in [0.717, 1.165) is 34.5 Å². The minimum absolute atomic E-state index is 0.0730. The summed E-state index contributed by atoms with van der Waals surface area (Å²) in [5.41, 5.74) is 5.13. The van der Waals surface area contributed by atoms with E-state index in [1.807, 2.05) is 42.5 Å². The second-order valence-corrected chi connectivity index (χ2v) is 8.82. The molecule has 5 aromatic rings. The van der Waals surface area contributed by atoms with Gasteiger partial charge in [0.2, 0.25) is 5.82 Å². The van der Waals surface area contributed by atoms with E-state index in [2.05, 4.69) is 76.0 Å². The van der Waals surface area contributed by atoms with Crippen LogP contribution in [0.4, 0.5) is 0 Å². The van der Waals surface area contributed by atoms with E-state index in [4.69, 9.17) is 0 Å². The van der Waals surface area contributed by atoms with Crippen LogP contribution in [0.15, 0.2) is 83.7 Å². The number of hydrogen-bond acceptors (Lipinski definition) is 5. The maximum absolute atomic E-state index is 13.2. The number of aryl methyl sites for hydroxylation is 2. The maximum atomic E-state index is 13.2. The lowest BCUT2D eigenvalue weighted by atomic mass is 9.98. The zero-order valence-corrected chi connectivity index (χ0v) is 19.8. The van der Waals surface area contributed by atoms with Crippen LogP contribution in [0.3, 0.4) is 0 Å². The largest absolute Gasteiger partial charge is 0.346 e. The quantitative estimate of drug-likeness (QED) is 0.369. The van der Waals surface area contributed by atoms with Gasteiger partial charge in [-0.3, -0.25) is 4.57 Å². The summed E-state index contributed by atoms with van der Waals surface area (Å²) < 4.78 is 3.38. The van der Waals surface area contributed by atoms with Crippen LogP contribution in [0.1, 0.15) is 36.7 Å². The summed E-state index contributed by atoms with van der Waals surface area (Å²) in [5.74, 6) is 1.50. The zero-order chi connectivity index (χ0) is 24.2. The Morgan fingerprint density at radius 2 is 1.57 bits per heavy atom. The first-order valence-corrected chi connectivity index (χ1v) is 11.7. The Balaban J connectivity index is 1.39. The van der Waals surface area contributed by atoms with Crippen molar-refractivity contribution in [2.75, 3.05) is 0 Å². The first kappa shape index (κ1) is 22.5. The van der Waals surface area contributed by atoms with Gasteiger partial charge in [0, 0.05) is 11.5 Å². The van der Waals surface area contributed by atoms with Crippen LogP contribution in [0.5, 0.6) is 0 Å². The maximum Gasteiger partial charge on any atom is 0.346 e. The fourth-order valence-electron chi connectivity index (χ4n) is 4.24. The van der Waals surface area contributed by atoms with Crippen molar-refractivity contribution in [1.82, 2.24) is 35.0 Å². The Hall–Kier alpha value is -4.33. The van der Waals surface area contributed by atoms with Crippen LogP contribution >= 0.6 is 0 Å². The van der Waals surface area contributed by atoms with Crippen LogP contribution in [0.2, 0.25) is 0 Å². The Morgan fingerprint density at radius 3 is 2.26 bits per heavy atom. The van der Waals surface area contributed by atoms with Gasteiger partial charge in [-0.25, -0.2) is 9.48 Å². The Bertz CT molecular complexity index is 1450. The molecule has 0 fully saturated rings. The van der Waals surface area contributed by atoms with E-state index >= 15 is 0 Å². The normalized spacial score (nSPS) is 11.3. The molecular weight excluding hydrogens is 438 g/mol. The summed E-state index contributed by atoms with van der Waals surface area (Å²) in [6, 6.07) is 26.4. The third kappa shape index (κ3) is 4.82. The monoisotopic (exact) mass is 465 g/mol. The minimum Gasteiger partial charge on any atom is -0.274 e. The fraction of sp³-hybridized carbons (Fsp3) is 0.222. The van der Waals surface area contributed by atoms with Crippen molar-refractivity contribution in [3.63, 3.8) is 0 Å². The van der Waals surface area contributed by atoms with Crippen molar-refractivity contribution >= 4 is 0 Å². The highest BCUT2D eigenvalue weighted by atomic mass is 16.2. The van der Waals surface area contributed by atoms with E-state index in [0.29, 0.717) is 18.9 Å². The van der Waals surface area contributed by atoms with Crippen LogP contribution in [-0.2, 0) is 19.5 Å². The molecular formula is C27H27N7O. The average Bonchev–Trinajstić information content (AvgIpc) is 3.53. The molecule has 0 aliphatic carbocycles. The molecule has 2 heterocycles. The third-order valence-corrected chi connectivity index (χ3v) is 6.04. The molecule has 0 radical (unpaired) electrons. The number of benzene rings is 3. The molecule has 8 nitrogen and oxygen atoms in total. The van der Waals surface area contributed by atoms with Gasteiger partial charge in [-0.1, -0.05) is 92.7 Å². The number of aromatic nitrogens is 7. The standard InChI is InChI=1S/C27H27N7O/c1-19(2)26-30-34(17-16-20-8-4-3-5-9-20)27(35)33(26)18-21-12-14-22(15-13-21)23-10-6-7-11-24(23)25-28-31-32-29-25/h3-15,19H,16-18H2,1-2H3,(H,28,29,31,32). The number of nitrogens with one attached hydrogen (secondary N) is 1. The van der Waals surface area contributed by atoms with Gasteiger partial charge < -0.3 is 0 Å². The molecule has 35 heavy (non-hydrogen) atoms. The number of nitrogens with zero attached hydrogens (tertiary/aromatic N) is 6. The van der Waals surface area contributed by atoms with Gasteiger partial charge in [-0.05, 0) is 33.9 Å². The molecule has 0 spiro atoms. The minimum atomic E-state index is -0.0730. The van der Waals surface area contributed by atoms with Crippen LogP contribution in [0, 0.1) is 0 Å². The SMILES string of the molecule is CC(C)c1nn(CCc2ccccc2)c(=O)n1Cc1ccc(-c2ccccc2-c2nn[nH]n2)cc1. The van der Waals surface area contributed by atoms with E-state index in [1.54, 1.807) is 9.25 Å². The summed E-state index contributed by atoms with van der Waals surface area (Å²) in [4.78, 5) is 13.2. The van der Waals surface area contributed by atoms with E-state index in [1.165, 1.54) is 5.56 Å². The van der Waals surface area contributed by atoms with Gasteiger partial charge in [-0.15, -0.1) is 10.2 Å². The molecule has 3 aromatic carbocycles. The summed E-state index contributed by atoms with van der Waals surface area (Å²) in [6.45, 7) is 5.17. The Kier molecular flexibility index (Phi) is 6.34. The van der Waals surface area contributed by atoms with Gasteiger partial charge in [0.25, 0.3) is 0 Å². The summed E-state index contributed by atoms with van der Waals surface area (Å²) in [6.07, 6.45) is 0.768. The molecule has 0 aliphatic rings. The van der Waals surface area contributed by atoms with Crippen LogP contribution in [0.25, 0.3) is 22.5 Å². The molecule has 1 N–H and O–H groups in total. The van der Waals surface area contributed by atoms with Crippen molar-refractivity contribution in [2.45, 2.75) is 39.3 Å². The predicted molar refractivity (Wildman–Crippen MR) is 135 cm³/mol. The highest BCUT2D eigenvalue weighted by molar-refractivity contribution is 5.80. The fourth-order valence-corrected chi connectivity index (χ4v) is 4.24. The Labute approximate surface area is 203 Å². The topological polar surface area (TPSA) is 94.3 Å². The lowest BCUT2D eigenvalue weighted by molar-refractivity contribution is 0.578. The molecule has 0 aliphatic heterocycles. The van der Waals surface area contributed by atoms with E-state index in [9.17, 15) is 4.79 Å². The highest BCUT2D eigenvalue weighted by Crippen LogP contribution is 2.29. The summed E-state index contributed by atoms with van der Waals surface area (Å²) >= 11 is 0. The third-order valence-electron chi connectivity index (χ3n) is 6.04. The van der Waals surface area contributed by atoms with E-state index < -0.39 is 0 Å². The predicted octanol–water partition coefficient (Wildman–Crippen LogP) is 4.31. The van der Waals surface area contributed by atoms with Crippen LogP contribution in [-0.4, -0.2) is 35.0 Å². The van der Waals surface area contributed by atoms with Crippen molar-refractivity contribution in [3.05, 3.63) is 106 Å². The number of tetrazole rings is 1. The highest BCUT2D eigenvalue weighted by Gasteiger charge is 2.17. The summed E-state index contributed by atoms with van der Waals surface area (Å²) in [7, 11) is 0. The molecule has 8 heteroatoms. The Morgan fingerprint density at radius 1 is 0.857 bits per heavy atom. The van der Waals surface area contributed by atoms with Crippen molar-refractivity contribution in [3.8, 4) is 22.5 Å². The van der Waals surface area contributed by atoms with Gasteiger partial charge in [-0.2, -0.15) is 10.3 Å². The van der Waals surface area contributed by atoms with Crippen molar-refractivity contribution in [2.24, 2.45) is 0 Å². The molecule has 0 unspecified atom stereocenters. The second-order valence-electron chi connectivity index (χ2n) is 8.82. The molecule has 5 rings (SSSR count). The van der Waals surface area contributed by atoms with Gasteiger partial charge in [0.15, 0.2) is 0 Å². The van der Waals surface area contributed by atoms with Crippen LogP contribution < -0.4 is 5.69 Å². The molecule has 0 atom stereocenters. The van der Waals surface area contributed by atoms with Gasteiger partial charge in [0.1, 0.15) is 5.82 Å². The number of aromatic amines is 1. The van der Waals surface area contributed by atoms with Gasteiger partial charge >= 0.3 is 5.69 Å². The zero-order valence-electron chi connectivity index (χ0n) is 19.8. The second kappa shape index (κ2) is 9.89. The van der Waals surface area contributed by atoms with Crippen molar-refractivity contribution in [1.29, 1.82) is 0 Å². The van der Waals surface area contributed by atoms with Gasteiger partial charge in [0.05, 0.1) is 13.1 Å². The lowest BCUT2D eigenvalue weighted by Gasteiger charge is -2.10. The first-order valence-electron chi connectivity index (χ1n) is 11.7.